The molecule has 0 aromatic carbocycles. The Hall–Kier alpha value is -0.120. The molecule has 0 heterocycles. The second-order valence-corrected chi connectivity index (χ2v) is 2.37. The van der Waals surface area contributed by atoms with Crippen molar-refractivity contribution in [2.75, 3.05) is 34.4 Å². The highest BCUT2D eigenvalue weighted by Crippen LogP contribution is 1.85. The zero-order chi connectivity index (χ0) is 7.28. The summed E-state index contributed by atoms with van der Waals surface area (Å²) in [5.74, 6) is 0. The number of rotatable bonds is 4. The summed E-state index contributed by atoms with van der Waals surface area (Å²) in [4.78, 5) is 1.92. The van der Waals surface area contributed by atoms with E-state index in [0.717, 1.165) is 0 Å². The van der Waals surface area contributed by atoms with E-state index in [4.69, 9.17) is 9.84 Å². The monoisotopic (exact) mass is 133 g/mol. The first-order chi connectivity index (χ1) is 4.16. The summed E-state index contributed by atoms with van der Waals surface area (Å²) in [7, 11) is 5.41. The van der Waals surface area contributed by atoms with Crippen LogP contribution in [0.15, 0.2) is 0 Å². The van der Waals surface area contributed by atoms with Crippen molar-refractivity contribution in [3.63, 3.8) is 0 Å². The molecule has 0 radical (unpaired) electrons. The van der Waals surface area contributed by atoms with Gasteiger partial charge < -0.3 is 14.7 Å². The Bertz CT molecular complexity index is 66.1. The smallest absolute Gasteiger partial charge is 0.0899 e. The van der Waals surface area contributed by atoms with E-state index in [2.05, 4.69) is 0 Å². The Morgan fingerprint density at radius 1 is 1.56 bits per heavy atom. The minimum absolute atomic E-state index is 0.356. The Balaban J connectivity index is 3.15. The summed E-state index contributed by atoms with van der Waals surface area (Å²) < 4.78 is 4.73. The molecule has 0 aromatic rings. The molecule has 0 fully saturated rings. The Morgan fingerprint density at radius 2 is 2.11 bits per heavy atom. The predicted molar refractivity (Wildman–Crippen MR) is 36.4 cm³/mol. The number of ether oxygens (including phenoxy) is 1. The number of nitrogens with zero attached hydrogens (tertiary/aromatic N) is 1. The number of aliphatic hydroxyl groups is 1. The molecule has 0 amide bonds. The lowest BCUT2D eigenvalue weighted by Gasteiger charge is -2.14. The van der Waals surface area contributed by atoms with Crippen LogP contribution in [0.5, 0.6) is 0 Å². The molecule has 1 N–H and O–H groups in total. The van der Waals surface area contributed by atoms with Gasteiger partial charge in [0.25, 0.3) is 0 Å². The lowest BCUT2D eigenvalue weighted by atomic mass is 10.4. The van der Waals surface area contributed by atoms with Crippen molar-refractivity contribution in [3.8, 4) is 0 Å². The van der Waals surface area contributed by atoms with E-state index in [9.17, 15) is 0 Å². The maximum atomic E-state index is 9.05. The molecule has 0 bridgehead atoms. The van der Waals surface area contributed by atoms with E-state index in [1.165, 1.54) is 0 Å². The summed E-state index contributed by atoms with van der Waals surface area (Å²) in [6.45, 7) is 1.08. The third kappa shape index (κ3) is 5.76. The second-order valence-electron chi connectivity index (χ2n) is 2.37. The van der Waals surface area contributed by atoms with Crippen LogP contribution in [-0.2, 0) is 4.74 Å². The van der Waals surface area contributed by atoms with E-state index in [0.29, 0.717) is 13.2 Å². The molecule has 0 aromatic heterocycles. The Labute approximate surface area is 56.2 Å². The first kappa shape index (κ1) is 8.88. The number of aliphatic hydroxyl groups excluding tert-OH is 1. The normalized spacial score (nSPS) is 14.3. The number of methoxy groups -OCH3 is 1. The zero-order valence-electron chi connectivity index (χ0n) is 6.29. The second kappa shape index (κ2) is 4.73. The lowest BCUT2D eigenvalue weighted by molar-refractivity contribution is 0.0479. The minimum atomic E-state index is -0.356. The highest BCUT2D eigenvalue weighted by atomic mass is 16.5. The quantitative estimate of drug-likeness (QED) is 0.564. The maximum absolute atomic E-state index is 9.05. The SMILES string of the molecule is COC[C@@H](O)CN(C)C. The van der Waals surface area contributed by atoms with Gasteiger partial charge in [0.15, 0.2) is 0 Å². The molecule has 0 saturated carbocycles. The summed E-state index contributed by atoms with van der Waals surface area (Å²) in [6, 6.07) is 0. The van der Waals surface area contributed by atoms with E-state index in [1.807, 2.05) is 19.0 Å². The van der Waals surface area contributed by atoms with Gasteiger partial charge in [-0.25, -0.2) is 0 Å². The van der Waals surface area contributed by atoms with Crippen LogP contribution in [-0.4, -0.2) is 50.5 Å². The van der Waals surface area contributed by atoms with Gasteiger partial charge in [0.2, 0.25) is 0 Å². The molecule has 0 spiro atoms. The summed E-state index contributed by atoms with van der Waals surface area (Å²) >= 11 is 0. The molecule has 0 rings (SSSR count). The first-order valence-corrected chi connectivity index (χ1v) is 2.98. The molecule has 3 heteroatoms. The molecule has 0 aliphatic carbocycles. The van der Waals surface area contributed by atoms with E-state index >= 15 is 0 Å². The average molecular weight is 133 g/mol. The van der Waals surface area contributed by atoms with Gasteiger partial charge in [-0.2, -0.15) is 0 Å². The van der Waals surface area contributed by atoms with Gasteiger partial charge >= 0.3 is 0 Å². The maximum Gasteiger partial charge on any atom is 0.0899 e. The van der Waals surface area contributed by atoms with Crippen LogP contribution >= 0.6 is 0 Å². The van der Waals surface area contributed by atoms with E-state index in [1.54, 1.807) is 7.11 Å². The van der Waals surface area contributed by atoms with Crippen LogP contribution < -0.4 is 0 Å². The Morgan fingerprint density at radius 3 is 2.44 bits per heavy atom. The van der Waals surface area contributed by atoms with Gasteiger partial charge in [-0.05, 0) is 14.1 Å². The van der Waals surface area contributed by atoms with Crippen LogP contribution in [0.3, 0.4) is 0 Å². The molecular formula is C6H15NO2. The third-order valence-electron chi connectivity index (χ3n) is 0.935. The zero-order valence-corrected chi connectivity index (χ0v) is 6.29. The molecule has 0 saturated heterocycles. The molecule has 0 aliphatic rings. The van der Waals surface area contributed by atoms with Gasteiger partial charge in [-0.1, -0.05) is 0 Å². The standard InChI is InChI=1S/C6H15NO2/c1-7(2)4-6(8)5-9-3/h6,8H,4-5H2,1-3H3/t6-/m0/s1. The average Bonchev–Trinajstić information content (AvgIpc) is 1.63. The lowest BCUT2D eigenvalue weighted by Crippen LogP contribution is -2.29. The molecule has 0 unspecified atom stereocenters. The van der Waals surface area contributed by atoms with Gasteiger partial charge in [-0.3, -0.25) is 0 Å². The van der Waals surface area contributed by atoms with Crippen molar-refractivity contribution < 1.29 is 9.84 Å². The largest absolute Gasteiger partial charge is 0.389 e. The van der Waals surface area contributed by atoms with Gasteiger partial charge in [0, 0.05) is 13.7 Å². The van der Waals surface area contributed by atoms with Crippen molar-refractivity contribution >= 4 is 0 Å². The molecular weight excluding hydrogens is 118 g/mol. The van der Waals surface area contributed by atoms with Crippen LogP contribution in [0, 0.1) is 0 Å². The minimum Gasteiger partial charge on any atom is -0.389 e. The van der Waals surface area contributed by atoms with Crippen molar-refractivity contribution in [2.45, 2.75) is 6.10 Å². The van der Waals surface area contributed by atoms with Crippen molar-refractivity contribution in [3.05, 3.63) is 0 Å². The van der Waals surface area contributed by atoms with Crippen molar-refractivity contribution in [2.24, 2.45) is 0 Å². The number of likely N-dealkylation sites (N-methyl/N-ethyl adjacent to an activating group) is 1. The molecule has 9 heavy (non-hydrogen) atoms. The van der Waals surface area contributed by atoms with Gasteiger partial charge in [0.05, 0.1) is 12.7 Å². The number of hydrogen-bond acceptors (Lipinski definition) is 3. The van der Waals surface area contributed by atoms with Gasteiger partial charge in [0.1, 0.15) is 0 Å². The fourth-order valence-corrected chi connectivity index (χ4v) is 0.667. The number of hydrogen-bond donors (Lipinski definition) is 1. The predicted octanol–water partition coefficient (Wildman–Crippen LogP) is -0.445. The van der Waals surface area contributed by atoms with E-state index < -0.39 is 0 Å². The molecule has 56 valence electrons. The van der Waals surface area contributed by atoms with Crippen LogP contribution in [0.1, 0.15) is 0 Å². The van der Waals surface area contributed by atoms with Crippen molar-refractivity contribution in [1.82, 2.24) is 4.90 Å². The Kier molecular flexibility index (Phi) is 4.67. The topological polar surface area (TPSA) is 32.7 Å². The highest BCUT2D eigenvalue weighted by Gasteiger charge is 2.02. The van der Waals surface area contributed by atoms with Crippen LogP contribution in [0.25, 0.3) is 0 Å². The fraction of sp³-hybridized carbons (Fsp3) is 1.00. The summed E-state index contributed by atoms with van der Waals surface area (Å²) in [5.41, 5.74) is 0. The van der Waals surface area contributed by atoms with Gasteiger partial charge in [-0.15, -0.1) is 0 Å². The van der Waals surface area contributed by atoms with Crippen LogP contribution in [0.2, 0.25) is 0 Å². The fourth-order valence-electron chi connectivity index (χ4n) is 0.667. The van der Waals surface area contributed by atoms with Crippen LogP contribution in [0.4, 0.5) is 0 Å². The first-order valence-electron chi connectivity index (χ1n) is 2.98. The summed E-state index contributed by atoms with van der Waals surface area (Å²) in [6.07, 6.45) is -0.356. The third-order valence-corrected chi connectivity index (χ3v) is 0.935. The van der Waals surface area contributed by atoms with E-state index in [-0.39, 0.29) is 6.10 Å². The molecule has 0 aliphatic heterocycles. The molecule has 1 atom stereocenters. The molecule has 3 nitrogen and oxygen atoms in total. The van der Waals surface area contributed by atoms with Crippen molar-refractivity contribution in [1.29, 1.82) is 0 Å². The highest BCUT2D eigenvalue weighted by molar-refractivity contribution is 4.55. The summed E-state index contributed by atoms with van der Waals surface area (Å²) in [5, 5.41) is 9.05.